The Kier molecular flexibility index (Phi) is 4.79. The Bertz CT molecular complexity index is 818. The summed E-state index contributed by atoms with van der Waals surface area (Å²) in [6.07, 6.45) is 0.790. The third-order valence-corrected chi connectivity index (χ3v) is 4.33. The zero-order chi connectivity index (χ0) is 18.0. The molecule has 0 saturated carbocycles. The monoisotopic (exact) mass is 338 g/mol. The topological polar surface area (TPSA) is 44.8 Å². The number of carbonyl (C=O) groups excluding carboxylic acids is 1. The van der Waals surface area contributed by atoms with Crippen molar-refractivity contribution in [3.63, 3.8) is 0 Å². The summed E-state index contributed by atoms with van der Waals surface area (Å²) in [7, 11) is 1.66. The first kappa shape index (κ1) is 17.1. The number of methoxy groups -OCH3 is 1. The molecule has 4 heteroatoms. The van der Waals surface area contributed by atoms with Gasteiger partial charge in [-0.25, -0.2) is 0 Å². The van der Waals surface area contributed by atoms with Gasteiger partial charge in [0.05, 0.1) is 7.11 Å². The summed E-state index contributed by atoms with van der Waals surface area (Å²) in [5.41, 5.74) is 4.59. The van der Waals surface area contributed by atoms with Gasteiger partial charge in [-0.05, 0) is 48.7 Å². The van der Waals surface area contributed by atoms with Crippen LogP contribution in [0.15, 0.2) is 42.5 Å². The van der Waals surface area contributed by atoms with E-state index in [4.69, 9.17) is 14.2 Å². The van der Waals surface area contributed by atoms with E-state index < -0.39 is 0 Å². The molecule has 0 radical (unpaired) electrons. The van der Waals surface area contributed by atoms with Crippen LogP contribution in [-0.2, 0) is 4.79 Å². The number of hydrogen-bond donors (Lipinski definition) is 0. The molecule has 0 bridgehead atoms. The standard InChI is InChI=1S/C21H22O4/c1-5-18-19-11-10-17(25-14(3)22)12-20(19)24-13(2)21(18)15-6-8-16(23-4)9-7-15/h6-13H,5H2,1-4H3/t13-/m0/s1. The summed E-state index contributed by atoms with van der Waals surface area (Å²) >= 11 is 0. The fraction of sp³-hybridized carbons (Fsp3) is 0.286. The molecule has 2 aromatic rings. The maximum absolute atomic E-state index is 11.2. The molecule has 25 heavy (non-hydrogen) atoms. The van der Waals surface area contributed by atoms with Gasteiger partial charge in [0.2, 0.25) is 0 Å². The van der Waals surface area contributed by atoms with Crippen LogP contribution in [0.25, 0.3) is 11.1 Å². The first-order valence-electron chi connectivity index (χ1n) is 8.40. The summed E-state index contributed by atoms with van der Waals surface area (Å²) in [6.45, 7) is 5.57. The predicted molar refractivity (Wildman–Crippen MR) is 97.9 cm³/mol. The molecule has 130 valence electrons. The highest BCUT2D eigenvalue weighted by molar-refractivity contribution is 5.96. The molecule has 0 N–H and O–H groups in total. The quantitative estimate of drug-likeness (QED) is 0.597. The number of rotatable bonds is 4. The van der Waals surface area contributed by atoms with E-state index in [1.807, 2.05) is 25.1 Å². The third kappa shape index (κ3) is 3.38. The fourth-order valence-electron chi connectivity index (χ4n) is 3.28. The second-order valence-electron chi connectivity index (χ2n) is 5.99. The van der Waals surface area contributed by atoms with Crippen LogP contribution in [0.4, 0.5) is 0 Å². The van der Waals surface area contributed by atoms with Gasteiger partial charge in [0, 0.05) is 24.1 Å². The van der Waals surface area contributed by atoms with Crippen molar-refractivity contribution in [3.8, 4) is 17.2 Å². The first-order chi connectivity index (χ1) is 12.0. The molecule has 1 atom stereocenters. The number of fused-ring (bicyclic) bond motifs is 1. The molecule has 0 saturated heterocycles. The van der Waals surface area contributed by atoms with E-state index in [9.17, 15) is 4.79 Å². The van der Waals surface area contributed by atoms with Gasteiger partial charge in [-0.3, -0.25) is 4.79 Å². The van der Waals surface area contributed by atoms with E-state index >= 15 is 0 Å². The largest absolute Gasteiger partial charge is 0.497 e. The molecule has 0 aliphatic carbocycles. The van der Waals surface area contributed by atoms with Gasteiger partial charge < -0.3 is 14.2 Å². The van der Waals surface area contributed by atoms with Crippen molar-refractivity contribution in [2.75, 3.05) is 7.11 Å². The minimum absolute atomic E-state index is 0.0941. The van der Waals surface area contributed by atoms with Crippen molar-refractivity contribution < 1.29 is 19.0 Å². The Labute approximate surface area is 148 Å². The highest BCUT2D eigenvalue weighted by Gasteiger charge is 2.26. The maximum Gasteiger partial charge on any atom is 0.308 e. The number of ether oxygens (including phenoxy) is 3. The average Bonchev–Trinajstić information content (AvgIpc) is 2.60. The highest BCUT2D eigenvalue weighted by atomic mass is 16.5. The van der Waals surface area contributed by atoms with Gasteiger partial charge in [0.15, 0.2) is 0 Å². The zero-order valence-electron chi connectivity index (χ0n) is 15.0. The normalized spacial score (nSPS) is 16.1. The number of esters is 1. The molecule has 0 spiro atoms. The van der Waals surface area contributed by atoms with E-state index in [1.165, 1.54) is 18.1 Å². The molecule has 1 aliphatic rings. The lowest BCUT2D eigenvalue weighted by atomic mass is 9.87. The number of hydrogen-bond acceptors (Lipinski definition) is 4. The molecule has 0 amide bonds. The Balaban J connectivity index is 2.07. The molecule has 0 fully saturated rings. The van der Waals surface area contributed by atoms with Crippen LogP contribution in [0, 0.1) is 0 Å². The Morgan fingerprint density at radius 3 is 2.40 bits per heavy atom. The minimum atomic E-state index is -0.339. The lowest BCUT2D eigenvalue weighted by molar-refractivity contribution is -0.131. The van der Waals surface area contributed by atoms with Gasteiger partial charge in [0.1, 0.15) is 23.4 Å². The summed E-state index contributed by atoms with van der Waals surface area (Å²) < 4.78 is 16.6. The van der Waals surface area contributed by atoms with Crippen molar-refractivity contribution in [1.82, 2.24) is 0 Å². The van der Waals surface area contributed by atoms with Gasteiger partial charge in [-0.1, -0.05) is 19.1 Å². The molecule has 4 nitrogen and oxygen atoms in total. The molecule has 2 aromatic carbocycles. The van der Waals surface area contributed by atoms with Crippen molar-refractivity contribution in [1.29, 1.82) is 0 Å². The molecule has 3 rings (SSSR count). The van der Waals surface area contributed by atoms with Crippen LogP contribution >= 0.6 is 0 Å². The Hall–Kier alpha value is -2.75. The third-order valence-electron chi connectivity index (χ3n) is 4.33. The molecule has 1 heterocycles. The van der Waals surface area contributed by atoms with Crippen LogP contribution in [0.1, 0.15) is 38.3 Å². The van der Waals surface area contributed by atoms with E-state index in [0.29, 0.717) is 5.75 Å². The van der Waals surface area contributed by atoms with Crippen LogP contribution in [-0.4, -0.2) is 19.2 Å². The van der Waals surface area contributed by atoms with Crippen LogP contribution in [0.2, 0.25) is 0 Å². The predicted octanol–water partition coefficient (Wildman–Crippen LogP) is 4.72. The summed E-state index contributed by atoms with van der Waals surface area (Å²) in [4.78, 5) is 11.2. The summed E-state index contributed by atoms with van der Waals surface area (Å²) in [5.74, 6) is 1.74. The fourth-order valence-corrected chi connectivity index (χ4v) is 3.28. The van der Waals surface area contributed by atoms with Gasteiger partial charge >= 0.3 is 5.97 Å². The van der Waals surface area contributed by atoms with Crippen molar-refractivity contribution in [2.45, 2.75) is 33.3 Å². The van der Waals surface area contributed by atoms with E-state index in [0.717, 1.165) is 29.0 Å². The van der Waals surface area contributed by atoms with E-state index in [-0.39, 0.29) is 12.1 Å². The second kappa shape index (κ2) is 7.01. The summed E-state index contributed by atoms with van der Waals surface area (Å²) in [5, 5.41) is 0. The maximum atomic E-state index is 11.2. The SMILES string of the molecule is CCC1=C(c2ccc(OC)cc2)[C@H](C)Oc2cc(OC(C)=O)ccc21. The minimum Gasteiger partial charge on any atom is -0.497 e. The molecule has 1 aliphatic heterocycles. The summed E-state index contributed by atoms with van der Waals surface area (Å²) in [6, 6.07) is 13.6. The van der Waals surface area contributed by atoms with Crippen molar-refractivity contribution >= 4 is 17.1 Å². The molecular weight excluding hydrogens is 316 g/mol. The molecule has 0 aromatic heterocycles. The Morgan fingerprint density at radius 1 is 1.12 bits per heavy atom. The number of allylic oxidation sites excluding steroid dienone is 1. The van der Waals surface area contributed by atoms with Gasteiger partial charge in [-0.2, -0.15) is 0 Å². The van der Waals surface area contributed by atoms with Crippen LogP contribution in [0.5, 0.6) is 17.2 Å². The number of benzene rings is 2. The van der Waals surface area contributed by atoms with Gasteiger partial charge in [0.25, 0.3) is 0 Å². The molecular formula is C21H22O4. The highest BCUT2D eigenvalue weighted by Crippen LogP contribution is 2.43. The van der Waals surface area contributed by atoms with E-state index in [1.54, 1.807) is 19.2 Å². The number of carbonyl (C=O) groups is 1. The average molecular weight is 338 g/mol. The van der Waals surface area contributed by atoms with Crippen molar-refractivity contribution in [3.05, 3.63) is 53.6 Å². The van der Waals surface area contributed by atoms with Gasteiger partial charge in [-0.15, -0.1) is 0 Å². The lowest BCUT2D eigenvalue weighted by Gasteiger charge is -2.29. The van der Waals surface area contributed by atoms with E-state index in [2.05, 4.69) is 19.1 Å². The zero-order valence-corrected chi connectivity index (χ0v) is 15.0. The van der Waals surface area contributed by atoms with Crippen molar-refractivity contribution in [2.24, 2.45) is 0 Å². The lowest BCUT2D eigenvalue weighted by Crippen LogP contribution is -2.20. The molecule has 0 unspecified atom stereocenters. The first-order valence-corrected chi connectivity index (χ1v) is 8.40. The van der Waals surface area contributed by atoms with Crippen LogP contribution in [0.3, 0.4) is 0 Å². The second-order valence-corrected chi connectivity index (χ2v) is 5.99. The Morgan fingerprint density at radius 2 is 1.80 bits per heavy atom. The smallest absolute Gasteiger partial charge is 0.308 e. The van der Waals surface area contributed by atoms with Crippen LogP contribution < -0.4 is 14.2 Å².